The van der Waals surface area contributed by atoms with Crippen molar-refractivity contribution in [2.24, 2.45) is 0 Å². The molecule has 0 aliphatic heterocycles. The Bertz CT molecular complexity index is 314. The van der Waals surface area contributed by atoms with Gasteiger partial charge in [-0.1, -0.05) is 6.92 Å². The van der Waals surface area contributed by atoms with Crippen molar-refractivity contribution in [2.75, 3.05) is 0 Å². The van der Waals surface area contributed by atoms with Crippen LogP contribution >= 0.6 is 0 Å². The van der Waals surface area contributed by atoms with Crippen LogP contribution in [0.25, 0.3) is 0 Å². The van der Waals surface area contributed by atoms with Crippen molar-refractivity contribution in [3.63, 3.8) is 0 Å². The molecule has 0 radical (unpaired) electrons. The Labute approximate surface area is 81.7 Å². The van der Waals surface area contributed by atoms with Gasteiger partial charge in [0, 0.05) is 18.9 Å². The standard InChI is InChI=1S/C11H12F2O/c1-2-11(14)4-3-8-5-9(12)7-10(13)6-8/h5-7H,2-4H2,1H3. The molecule has 1 aromatic rings. The average Bonchev–Trinajstić information content (AvgIpc) is 2.12. The summed E-state index contributed by atoms with van der Waals surface area (Å²) in [6.45, 7) is 1.77. The van der Waals surface area contributed by atoms with Crippen molar-refractivity contribution in [3.05, 3.63) is 35.4 Å². The quantitative estimate of drug-likeness (QED) is 0.727. The molecule has 0 saturated carbocycles. The Morgan fingerprint density at radius 3 is 2.29 bits per heavy atom. The third-order valence-corrected chi connectivity index (χ3v) is 2.01. The Balaban J connectivity index is 2.63. The monoisotopic (exact) mass is 198 g/mol. The number of hydrogen-bond donors (Lipinski definition) is 0. The molecule has 0 unspecified atom stereocenters. The third-order valence-electron chi connectivity index (χ3n) is 2.01. The first kappa shape index (κ1) is 10.8. The molecular weight excluding hydrogens is 186 g/mol. The van der Waals surface area contributed by atoms with Gasteiger partial charge >= 0.3 is 0 Å². The fourth-order valence-electron chi connectivity index (χ4n) is 1.22. The number of halogens is 2. The van der Waals surface area contributed by atoms with Crippen LogP contribution in [0, 0.1) is 11.6 Å². The fourth-order valence-corrected chi connectivity index (χ4v) is 1.22. The molecule has 1 aromatic carbocycles. The molecule has 1 nitrogen and oxygen atoms in total. The summed E-state index contributed by atoms with van der Waals surface area (Å²) in [4.78, 5) is 11.0. The Kier molecular flexibility index (Phi) is 3.74. The highest BCUT2D eigenvalue weighted by Gasteiger charge is 2.03. The summed E-state index contributed by atoms with van der Waals surface area (Å²) in [7, 11) is 0. The van der Waals surface area contributed by atoms with Crippen LogP contribution in [0.5, 0.6) is 0 Å². The maximum absolute atomic E-state index is 12.7. The molecule has 0 fully saturated rings. The number of carbonyl (C=O) groups excluding carboxylic acids is 1. The van der Waals surface area contributed by atoms with Crippen LogP contribution in [-0.4, -0.2) is 5.78 Å². The lowest BCUT2D eigenvalue weighted by atomic mass is 10.1. The van der Waals surface area contributed by atoms with Gasteiger partial charge in [-0.25, -0.2) is 8.78 Å². The van der Waals surface area contributed by atoms with Crippen LogP contribution in [-0.2, 0) is 11.2 Å². The number of rotatable bonds is 4. The van der Waals surface area contributed by atoms with Crippen LogP contribution in [0.2, 0.25) is 0 Å². The van der Waals surface area contributed by atoms with Crippen molar-refractivity contribution < 1.29 is 13.6 Å². The SMILES string of the molecule is CCC(=O)CCc1cc(F)cc(F)c1. The summed E-state index contributed by atoms with van der Waals surface area (Å²) in [5, 5.41) is 0. The maximum Gasteiger partial charge on any atom is 0.132 e. The second-order valence-electron chi connectivity index (χ2n) is 3.17. The van der Waals surface area contributed by atoms with E-state index in [-0.39, 0.29) is 5.78 Å². The summed E-state index contributed by atoms with van der Waals surface area (Å²) in [5.74, 6) is -1.08. The molecule has 0 spiro atoms. The van der Waals surface area contributed by atoms with Gasteiger partial charge in [0.25, 0.3) is 0 Å². The smallest absolute Gasteiger partial charge is 0.132 e. The van der Waals surface area contributed by atoms with E-state index in [2.05, 4.69) is 0 Å². The molecule has 0 amide bonds. The van der Waals surface area contributed by atoms with E-state index < -0.39 is 11.6 Å². The zero-order valence-electron chi connectivity index (χ0n) is 8.02. The molecule has 0 bridgehead atoms. The molecule has 0 aliphatic carbocycles. The van der Waals surface area contributed by atoms with E-state index >= 15 is 0 Å². The van der Waals surface area contributed by atoms with E-state index in [1.165, 1.54) is 12.1 Å². The Hall–Kier alpha value is -1.25. The fraction of sp³-hybridized carbons (Fsp3) is 0.364. The van der Waals surface area contributed by atoms with Gasteiger partial charge in [-0.3, -0.25) is 4.79 Å². The first-order chi connectivity index (χ1) is 6.61. The number of carbonyl (C=O) groups is 1. The lowest BCUT2D eigenvalue weighted by Gasteiger charge is -2.00. The first-order valence-electron chi connectivity index (χ1n) is 4.58. The van der Waals surface area contributed by atoms with Crippen LogP contribution < -0.4 is 0 Å². The third kappa shape index (κ3) is 3.24. The van der Waals surface area contributed by atoms with Crippen LogP contribution in [0.3, 0.4) is 0 Å². The molecule has 0 saturated heterocycles. The summed E-state index contributed by atoms with van der Waals surface area (Å²) < 4.78 is 25.4. The molecular formula is C11H12F2O. The molecule has 0 aromatic heterocycles. The van der Waals surface area contributed by atoms with Gasteiger partial charge in [-0.15, -0.1) is 0 Å². The molecule has 3 heteroatoms. The Morgan fingerprint density at radius 2 is 1.79 bits per heavy atom. The molecule has 0 aliphatic rings. The molecule has 76 valence electrons. The lowest BCUT2D eigenvalue weighted by molar-refractivity contribution is -0.118. The molecule has 1 rings (SSSR count). The zero-order chi connectivity index (χ0) is 10.6. The predicted octanol–water partition coefficient (Wildman–Crippen LogP) is 2.88. The largest absolute Gasteiger partial charge is 0.300 e. The van der Waals surface area contributed by atoms with E-state index in [0.29, 0.717) is 24.8 Å². The molecule has 0 heterocycles. The topological polar surface area (TPSA) is 17.1 Å². The van der Waals surface area contributed by atoms with E-state index in [9.17, 15) is 13.6 Å². The first-order valence-corrected chi connectivity index (χ1v) is 4.58. The number of benzene rings is 1. The van der Waals surface area contributed by atoms with Crippen LogP contribution in [0.1, 0.15) is 25.3 Å². The molecule has 0 N–H and O–H groups in total. The van der Waals surface area contributed by atoms with Gasteiger partial charge in [0.05, 0.1) is 0 Å². The van der Waals surface area contributed by atoms with E-state index in [4.69, 9.17) is 0 Å². The second-order valence-corrected chi connectivity index (χ2v) is 3.17. The number of ketones is 1. The highest BCUT2D eigenvalue weighted by Crippen LogP contribution is 2.10. The van der Waals surface area contributed by atoms with Gasteiger partial charge in [0.1, 0.15) is 17.4 Å². The maximum atomic E-state index is 12.7. The minimum absolute atomic E-state index is 0.106. The second kappa shape index (κ2) is 4.84. The highest BCUT2D eigenvalue weighted by atomic mass is 19.1. The van der Waals surface area contributed by atoms with E-state index in [1.54, 1.807) is 6.92 Å². The van der Waals surface area contributed by atoms with E-state index in [1.807, 2.05) is 0 Å². The van der Waals surface area contributed by atoms with Gasteiger partial charge in [0.15, 0.2) is 0 Å². The predicted molar refractivity (Wildman–Crippen MR) is 50.0 cm³/mol. The number of aryl methyl sites for hydroxylation is 1. The zero-order valence-corrected chi connectivity index (χ0v) is 8.02. The number of Topliss-reactive ketones (excluding diaryl/α,β-unsaturated/α-hetero) is 1. The van der Waals surface area contributed by atoms with Crippen molar-refractivity contribution in [3.8, 4) is 0 Å². The van der Waals surface area contributed by atoms with Gasteiger partial charge < -0.3 is 0 Å². The lowest BCUT2D eigenvalue weighted by Crippen LogP contribution is -1.98. The van der Waals surface area contributed by atoms with Gasteiger partial charge in [0.2, 0.25) is 0 Å². The minimum atomic E-state index is -0.594. The average molecular weight is 198 g/mol. The highest BCUT2D eigenvalue weighted by molar-refractivity contribution is 5.78. The molecule has 0 atom stereocenters. The van der Waals surface area contributed by atoms with Crippen molar-refractivity contribution >= 4 is 5.78 Å². The van der Waals surface area contributed by atoms with Crippen molar-refractivity contribution in [1.29, 1.82) is 0 Å². The van der Waals surface area contributed by atoms with Gasteiger partial charge in [-0.2, -0.15) is 0 Å². The number of hydrogen-bond acceptors (Lipinski definition) is 1. The molecule has 14 heavy (non-hydrogen) atoms. The van der Waals surface area contributed by atoms with Crippen molar-refractivity contribution in [1.82, 2.24) is 0 Å². The normalized spacial score (nSPS) is 10.2. The summed E-state index contributed by atoms with van der Waals surface area (Å²) in [5.41, 5.74) is 0.532. The van der Waals surface area contributed by atoms with E-state index in [0.717, 1.165) is 6.07 Å². The Morgan fingerprint density at radius 1 is 1.21 bits per heavy atom. The van der Waals surface area contributed by atoms with Crippen LogP contribution in [0.15, 0.2) is 18.2 Å². The summed E-state index contributed by atoms with van der Waals surface area (Å²) >= 11 is 0. The summed E-state index contributed by atoms with van der Waals surface area (Å²) in [6.07, 6.45) is 1.22. The minimum Gasteiger partial charge on any atom is -0.300 e. The van der Waals surface area contributed by atoms with Crippen molar-refractivity contribution in [2.45, 2.75) is 26.2 Å². The van der Waals surface area contributed by atoms with Gasteiger partial charge in [-0.05, 0) is 24.1 Å². The summed E-state index contributed by atoms with van der Waals surface area (Å²) in [6, 6.07) is 3.34. The van der Waals surface area contributed by atoms with Crippen LogP contribution in [0.4, 0.5) is 8.78 Å².